The molecule has 1 aliphatic rings. The number of fused-ring (bicyclic) bond motifs is 2. The van der Waals surface area contributed by atoms with Crippen molar-refractivity contribution in [2.24, 2.45) is 5.14 Å². The minimum absolute atomic E-state index is 0.113. The molecule has 0 unspecified atom stereocenters. The number of sulfonamides is 1. The highest BCUT2D eigenvalue weighted by atomic mass is 32.2. The number of aryl methyl sites for hydroxylation is 2. The zero-order valence-corrected chi connectivity index (χ0v) is 17.3. The Hall–Kier alpha value is -3.49. The van der Waals surface area contributed by atoms with E-state index in [1.165, 1.54) is 24.3 Å². The van der Waals surface area contributed by atoms with Gasteiger partial charge in [-0.3, -0.25) is 9.69 Å². The van der Waals surface area contributed by atoms with E-state index in [1.807, 2.05) is 48.5 Å². The summed E-state index contributed by atoms with van der Waals surface area (Å²) >= 11 is 0. The first-order valence-electron chi connectivity index (χ1n) is 9.63. The molecule has 7 nitrogen and oxygen atoms in total. The normalized spacial score (nSPS) is 13.0. The van der Waals surface area contributed by atoms with Crippen LogP contribution in [-0.4, -0.2) is 26.9 Å². The van der Waals surface area contributed by atoms with Gasteiger partial charge in [0, 0.05) is 0 Å². The number of primary sulfonamides is 1. The first-order chi connectivity index (χ1) is 14.8. The van der Waals surface area contributed by atoms with Gasteiger partial charge in [0.2, 0.25) is 10.0 Å². The summed E-state index contributed by atoms with van der Waals surface area (Å²) in [4.78, 5) is 27.0. The molecule has 0 saturated heterocycles. The molecule has 0 radical (unpaired) electrons. The van der Waals surface area contributed by atoms with E-state index in [0.29, 0.717) is 0 Å². The number of carbonyl (C=O) groups is 2. The van der Waals surface area contributed by atoms with Crippen molar-refractivity contribution in [2.75, 3.05) is 11.5 Å². The van der Waals surface area contributed by atoms with Crippen LogP contribution in [0, 0.1) is 0 Å². The molecule has 1 aliphatic heterocycles. The topological polar surface area (TPSA) is 107 Å². The second-order valence-electron chi connectivity index (χ2n) is 7.13. The second-order valence-corrected chi connectivity index (χ2v) is 8.69. The fourth-order valence-corrected chi connectivity index (χ4v) is 4.12. The highest BCUT2D eigenvalue weighted by molar-refractivity contribution is 7.89. The van der Waals surface area contributed by atoms with Crippen molar-refractivity contribution < 1.29 is 22.7 Å². The molecule has 2 N–H and O–H groups in total. The highest BCUT2D eigenvalue weighted by Gasteiger charge is 2.26. The van der Waals surface area contributed by atoms with E-state index in [2.05, 4.69) is 0 Å². The van der Waals surface area contributed by atoms with E-state index in [4.69, 9.17) is 9.88 Å². The molecule has 3 aromatic rings. The van der Waals surface area contributed by atoms with Crippen LogP contribution in [0.3, 0.4) is 0 Å². The van der Waals surface area contributed by atoms with Crippen molar-refractivity contribution in [1.29, 1.82) is 0 Å². The first-order valence-corrected chi connectivity index (χ1v) is 11.2. The fourth-order valence-electron chi connectivity index (χ4n) is 3.60. The Balaban J connectivity index is 1.55. The number of esters is 1. The number of nitrogens with zero attached hydrogens (tertiary/aromatic N) is 1. The standard InChI is InChI=1S/C23H20N2O5S/c24-31(28,29)19-13-11-18(12-14-19)23(27)30-15-22(26)25-20-7-3-1-5-16(20)9-10-17-6-2-4-8-21(17)25/h1-8,11-14H,9-10,15H2,(H2,24,28,29). The Morgan fingerprint density at radius 1 is 0.839 bits per heavy atom. The zero-order valence-electron chi connectivity index (χ0n) is 16.5. The summed E-state index contributed by atoms with van der Waals surface area (Å²) in [5.41, 5.74) is 3.74. The zero-order chi connectivity index (χ0) is 22.0. The van der Waals surface area contributed by atoms with Crippen LogP contribution in [0.2, 0.25) is 0 Å². The number of hydrogen-bond donors (Lipinski definition) is 1. The van der Waals surface area contributed by atoms with Crippen LogP contribution in [0.1, 0.15) is 21.5 Å². The number of carbonyl (C=O) groups excluding carboxylic acids is 2. The number of amides is 1. The lowest BCUT2D eigenvalue weighted by molar-refractivity contribution is -0.120. The number of ether oxygens (including phenoxy) is 1. The Morgan fingerprint density at radius 3 is 1.87 bits per heavy atom. The van der Waals surface area contributed by atoms with Gasteiger partial charge in [-0.2, -0.15) is 0 Å². The van der Waals surface area contributed by atoms with Crippen LogP contribution >= 0.6 is 0 Å². The van der Waals surface area contributed by atoms with Crippen molar-refractivity contribution in [3.05, 3.63) is 89.5 Å². The number of anilines is 2. The van der Waals surface area contributed by atoms with Gasteiger partial charge in [-0.05, 0) is 60.4 Å². The van der Waals surface area contributed by atoms with Crippen molar-refractivity contribution in [3.63, 3.8) is 0 Å². The Labute approximate surface area is 180 Å². The summed E-state index contributed by atoms with van der Waals surface area (Å²) < 4.78 is 27.9. The Kier molecular flexibility index (Phi) is 5.58. The predicted octanol–water partition coefficient (Wildman–Crippen LogP) is 2.95. The fraction of sp³-hybridized carbons (Fsp3) is 0.130. The molecule has 0 spiro atoms. The van der Waals surface area contributed by atoms with E-state index in [9.17, 15) is 18.0 Å². The second kappa shape index (κ2) is 8.33. The monoisotopic (exact) mass is 436 g/mol. The van der Waals surface area contributed by atoms with Gasteiger partial charge < -0.3 is 4.74 Å². The van der Waals surface area contributed by atoms with Crippen molar-refractivity contribution in [3.8, 4) is 0 Å². The van der Waals surface area contributed by atoms with E-state index in [1.54, 1.807) is 4.90 Å². The summed E-state index contributed by atoms with van der Waals surface area (Å²) in [6, 6.07) is 20.4. The maximum Gasteiger partial charge on any atom is 0.338 e. The van der Waals surface area contributed by atoms with Crippen LogP contribution in [0.15, 0.2) is 77.7 Å². The molecule has 0 aliphatic carbocycles. The molecular formula is C23H20N2O5S. The smallest absolute Gasteiger partial charge is 0.338 e. The molecule has 0 atom stereocenters. The predicted molar refractivity (Wildman–Crippen MR) is 116 cm³/mol. The van der Waals surface area contributed by atoms with Crippen LogP contribution in [0.5, 0.6) is 0 Å². The van der Waals surface area contributed by atoms with Gasteiger partial charge in [0.25, 0.3) is 5.91 Å². The van der Waals surface area contributed by atoms with E-state index >= 15 is 0 Å². The van der Waals surface area contributed by atoms with Gasteiger partial charge in [0.15, 0.2) is 6.61 Å². The number of nitrogens with two attached hydrogens (primary N) is 1. The molecule has 0 fully saturated rings. The van der Waals surface area contributed by atoms with Gasteiger partial charge in [-0.15, -0.1) is 0 Å². The van der Waals surface area contributed by atoms with Gasteiger partial charge >= 0.3 is 5.97 Å². The van der Waals surface area contributed by atoms with Crippen molar-refractivity contribution in [2.45, 2.75) is 17.7 Å². The lowest BCUT2D eigenvalue weighted by Gasteiger charge is -2.24. The molecule has 0 bridgehead atoms. The van der Waals surface area contributed by atoms with Crippen LogP contribution < -0.4 is 10.0 Å². The number of hydrogen-bond acceptors (Lipinski definition) is 5. The molecule has 31 heavy (non-hydrogen) atoms. The molecule has 158 valence electrons. The van der Waals surface area contributed by atoms with Gasteiger partial charge in [0.1, 0.15) is 0 Å². The third-order valence-electron chi connectivity index (χ3n) is 5.12. The molecule has 8 heteroatoms. The van der Waals surface area contributed by atoms with Crippen LogP contribution in [0.4, 0.5) is 11.4 Å². The molecule has 4 rings (SSSR count). The largest absolute Gasteiger partial charge is 0.452 e. The number of benzene rings is 3. The van der Waals surface area contributed by atoms with E-state index < -0.39 is 22.6 Å². The number of para-hydroxylation sites is 2. The quantitative estimate of drug-likeness (QED) is 0.633. The molecule has 3 aromatic carbocycles. The summed E-state index contributed by atoms with van der Waals surface area (Å²) in [7, 11) is -3.86. The third kappa shape index (κ3) is 4.35. The van der Waals surface area contributed by atoms with Gasteiger partial charge in [0.05, 0.1) is 21.8 Å². The average molecular weight is 436 g/mol. The SMILES string of the molecule is NS(=O)(=O)c1ccc(C(=O)OCC(=O)N2c3ccccc3CCc3ccccc32)cc1. The van der Waals surface area contributed by atoms with Gasteiger partial charge in [-0.1, -0.05) is 36.4 Å². The summed E-state index contributed by atoms with van der Waals surface area (Å²) in [6.07, 6.45) is 1.60. The molecule has 1 heterocycles. The Bertz CT molecular complexity index is 1210. The van der Waals surface area contributed by atoms with E-state index in [-0.39, 0.29) is 16.4 Å². The van der Waals surface area contributed by atoms with Gasteiger partial charge in [-0.25, -0.2) is 18.4 Å². The number of rotatable bonds is 4. The maximum absolute atomic E-state index is 13.2. The summed E-state index contributed by atoms with van der Waals surface area (Å²) in [5.74, 6) is -1.11. The minimum Gasteiger partial charge on any atom is -0.452 e. The van der Waals surface area contributed by atoms with Crippen LogP contribution in [-0.2, 0) is 32.4 Å². The molecule has 0 aromatic heterocycles. The van der Waals surface area contributed by atoms with Crippen LogP contribution in [0.25, 0.3) is 0 Å². The maximum atomic E-state index is 13.2. The summed E-state index contributed by atoms with van der Waals surface area (Å²) in [5, 5.41) is 5.06. The Morgan fingerprint density at radius 2 is 1.35 bits per heavy atom. The minimum atomic E-state index is -3.86. The van der Waals surface area contributed by atoms with E-state index in [0.717, 1.165) is 35.3 Å². The van der Waals surface area contributed by atoms with Crippen molar-refractivity contribution in [1.82, 2.24) is 0 Å². The molecule has 0 saturated carbocycles. The third-order valence-corrected chi connectivity index (χ3v) is 6.05. The summed E-state index contributed by atoms with van der Waals surface area (Å²) in [6.45, 7) is -0.460. The molecular weight excluding hydrogens is 416 g/mol. The lowest BCUT2D eigenvalue weighted by Crippen LogP contribution is -2.31. The average Bonchev–Trinajstić information content (AvgIpc) is 2.94. The first kappa shape index (κ1) is 20.8. The van der Waals surface area contributed by atoms with Crippen molar-refractivity contribution >= 4 is 33.3 Å². The highest BCUT2D eigenvalue weighted by Crippen LogP contribution is 2.36. The lowest BCUT2D eigenvalue weighted by atomic mass is 10.0. The molecule has 1 amide bonds.